The van der Waals surface area contributed by atoms with E-state index in [4.69, 9.17) is 0 Å². The van der Waals surface area contributed by atoms with Crippen molar-refractivity contribution in [2.24, 2.45) is 7.05 Å². The molecule has 1 atom stereocenters. The van der Waals surface area contributed by atoms with Crippen LogP contribution in [0, 0.1) is 20.8 Å². The molecule has 6 heteroatoms. The fraction of sp³-hybridized carbons (Fsp3) is 0.421. The van der Waals surface area contributed by atoms with Crippen LogP contribution >= 0.6 is 0 Å². The molecule has 0 bridgehead atoms. The van der Waals surface area contributed by atoms with Gasteiger partial charge in [0.15, 0.2) is 0 Å². The molecule has 0 aliphatic carbocycles. The van der Waals surface area contributed by atoms with E-state index in [9.17, 15) is 9.59 Å². The Balaban J connectivity index is 1.65. The number of carbonyl (C=O) groups is 2. The summed E-state index contributed by atoms with van der Waals surface area (Å²) in [6.45, 7) is 6.94. The standard InChI is InChI=1S/C19H24N4O2/c1-12-5-7-15(8-6-12)11-23-10-9-16(19(23)25)20-18(24)17-13(2)21-22(4)14(17)3/h5-8,16H,9-11H2,1-4H3,(H,20,24)/t16-/m1/s1. The number of nitrogens with zero attached hydrogens (tertiary/aromatic N) is 3. The number of amides is 2. The molecular formula is C19H24N4O2. The lowest BCUT2D eigenvalue weighted by atomic mass is 10.1. The van der Waals surface area contributed by atoms with Crippen molar-refractivity contribution in [3.8, 4) is 0 Å². The first-order chi connectivity index (χ1) is 11.9. The predicted octanol–water partition coefficient (Wildman–Crippen LogP) is 1.88. The quantitative estimate of drug-likeness (QED) is 0.924. The van der Waals surface area contributed by atoms with Gasteiger partial charge in [-0.1, -0.05) is 29.8 Å². The van der Waals surface area contributed by atoms with Crippen LogP contribution in [0.25, 0.3) is 0 Å². The summed E-state index contributed by atoms with van der Waals surface area (Å²) in [6.07, 6.45) is 0.634. The third-order valence-corrected chi connectivity index (χ3v) is 4.83. The molecule has 1 aromatic heterocycles. The summed E-state index contributed by atoms with van der Waals surface area (Å²) in [5.74, 6) is -0.244. The Morgan fingerprint density at radius 3 is 2.52 bits per heavy atom. The first kappa shape index (κ1) is 17.2. The Morgan fingerprint density at radius 2 is 1.92 bits per heavy atom. The molecular weight excluding hydrogens is 316 g/mol. The van der Waals surface area contributed by atoms with E-state index in [0.29, 0.717) is 30.8 Å². The van der Waals surface area contributed by atoms with Crippen LogP contribution < -0.4 is 5.32 Å². The Morgan fingerprint density at radius 1 is 1.24 bits per heavy atom. The number of likely N-dealkylation sites (tertiary alicyclic amines) is 1. The molecule has 2 aromatic rings. The van der Waals surface area contributed by atoms with Crippen molar-refractivity contribution in [1.29, 1.82) is 0 Å². The molecule has 1 aliphatic rings. The average molecular weight is 340 g/mol. The van der Waals surface area contributed by atoms with Crippen LogP contribution in [0.4, 0.5) is 0 Å². The van der Waals surface area contributed by atoms with Crippen molar-refractivity contribution in [2.45, 2.75) is 39.8 Å². The van der Waals surface area contributed by atoms with Gasteiger partial charge in [0.1, 0.15) is 6.04 Å². The molecule has 6 nitrogen and oxygen atoms in total. The van der Waals surface area contributed by atoms with Crippen molar-refractivity contribution >= 4 is 11.8 Å². The van der Waals surface area contributed by atoms with E-state index in [2.05, 4.69) is 10.4 Å². The fourth-order valence-electron chi connectivity index (χ4n) is 3.28. The zero-order valence-electron chi connectivity index (χ0n) is 15.2. The second-order valence-electron chi connectivity index (χ2n) is 6.73. The summed E-state index contributed by atoms with van der Waals surface area (Å²) >= 11 is 0. The number of hydrogen-bond donors (Lipinski definition) is 1. The highest BCUT2D eigenvalue weighted by atomic mass is 16.2. The molecule has 1 aromatic carbocycles. The fourth-order valence-corrected chi connectivity index (χ4v) is 3.28. The molecule has 1 saturated heterocycles. The first-order valence-corrected chi connectivity index (χ1v) is 8.52. The van der Waals surface area contributed by atoms with Gasteiger partial charge >= 0.3 is 0 Å². The topological polar surface area (TPSA) is 67.2 Å². The van der Waals surface area contributed by atoms with Crippen molar-refractivity contribution in [2.75, 3.05) is 6.54 Å². The van der Waals surface area contributed by atoms with Crippen LogP contribution in [-0.4, -0.2) is 39.1 Å². The lowest BCUT2D eigenvalue weighted by Crippen LogP contribution is -2.41. The van der Waals surface area contributed by atoms with Crippen LogP contribution in [0.3, 0.4) is 0 Å². The zero-order chi connectivity index (χ0) is 18.1. The van der Waals surface area contributed by atoms with Crippen LogP contribution in [0.1, 0.15) is 39.3 Å². The summed E-state index contributed by atoms with van der Waals surface area (Å²) in [5, 5.41) is 7.14. The number of rotatable bonds is 4. The Bertz CT molecular complexity index is 808. The minimum absolute atomic E-state index is 0.0203. The zero-order valence-corrected chi connectivity index (χ0v) is 15.2. The maximum atomic E-state index is 12.6. The molecule has 1 N–H and O–H groups in total. The van der Waals surface area contributed by atoms with E-state index in [1.165, 1.54) is 5.56 Å². The summed E-state index contributed by atoms with van der Waals surface area (Å²) in [6, 6.07) is 7.71. The SMILES string of the molecule is Cc1ccc(CN2CC[C@@H](NC(=O)c3c(C)nn(C)c3C)C2=O)cc1. The number of hydrogen-bond acceptors (Lipinski definition) is 3. The minimum Gasteiger partial charge on any atom is -0.340 e. The smallest absolute Gasteiger partial charge is 0.255 e. The maximum absolute atomic E-state index is 12.6. The van der Waals surface area contributed by atoms with Gasteiger partial charge in [0.25, 0.3) is 5.91 Å². The summed E-state index contributed by atoms with van der Waals surface area (Å²) in [5.41, 5.74) is 4.34. The number of aryl methyl sites for hydroxylation is 3. The number of carbonyl (C=O) groups excluding carboxylic acids is 2. The average Bonchev–Trinajstić information content (AvgIpc) is 3.02. The summed E-state index contributed by atoms with van der Waals surface area (Å²) < 4.78 is 1.68. The molecule has 1 aliphatic heterocycles. The normalized spacial score (nSPS) is 17.2. The van der Waals surface area contributed by atoms with Crippen LogP contribution in [0.15, 0.2) is 24.3 Å². The van der Waals surface area contributed by atoms with E-state index in [-0.39, 0.29) is 11.8 Å². The highest BCUT2D eigenvalue weighted by Gasteiger charge is 2.33. The summed E-state index contributed by atoms with van der Waals surface area (Å²) in [4.78, 5) is 27.0. The Labute approximate surface area is 147 Å². The Hall–Kier alpha value is -2.63. The van der Waals surface area contributed by atoms with Crippen molar-refractivity contribution in [1.82, 2.24) is 20.0 Å². The van der Waals surface area contributed by atoms with Gasteiger partial charge in [-0.25, -0.2) is 0 Å². The van der Waals surface area contributed by atoms with Gasteiger partial charge in [-0.3, -0.25) is 14.3 Å². The van der Waals surface area contributed by atoms with E-state index in [1.54, 1.807) is 9.58 Å². The first-order valence-electron chi connectivity index (χ1n) is 8.52. The predicted molar refractivity (Wildman–Crippen MR) is 95.1 cm³/mol. The number of aromatic nitrogens is 2. The lowest BCUT2D eigenvalue weighted by molar-refractivity contribution is -0.129. The highest BCUT2D eigenvalue weighted by molar-refractivity contribution is 5.99. The van der Waals surface area contributed by atoms with Gasteiger partial charge in [0, 0.05) is 25.8 Å². The maximum Gasteiger partial charge on any atom is 0.255 e. The van der Waals surface area contributed by atoms with Gasteiger partial charge in [-0.05, 0) is 32.8 Å². The van der Waals surface area contributed by atoms with Gasteiger partial charge in [0.05, 0.1) is 11.3 Å². The van der Waals surface area contributed by atoms with E-state index < -0.39 is 6.04 Å². The number of nitrogens with one attached hydrogen (secondary N) is 1. The number of benzene rings is 1. The molecule has 0 spiro atoms. The van der Waals surface area contributed by atoms with Crippen LogP contribution in [0.2, 0.25) is 0 Å². The molecule has 2 amide bonds. The third-order valence-electron chi connectivity index (χ3n) is 4.83. The molecule has 132 valence electrons. The largest absolute Gasteiger partial charge is 0.340 e. The van der Waals surface area contributed by atoms with E-state index in [1.807, 2.05) is 52.1 Å². The van der Waals surface area contributed by atoms with Gasteiger partial charge in [-0.15, -0.1) is 0 Å². The highest BCUT2D eigenvalue weighted by Crippen LogP contribution is 2.18. The second-order valence-corrected chi connectivity index (χ2v) is 6.73. The Kier molecular flexibility index (Phi) is 4.61. The molecule has 0 unspecified atom stereocenters. The minimum atomic E-state index is -0.461. The van der Waals surface area contributed by atoms with E-state index >= 15 is 0 Å². The summed E-state index contributed by atoms with van der Waals surface area (Å²) in [7, 11) is 1.81. The molecule has 3 rings (SSSR count). The van der Waals surface area contributed by atoms with Gasteiger partial charge in [-0.2, -0.15) is 5.10 Å². The van der Waals surface area contributed by atoms with Crippen molar-refractivity contribution in [3.05, 3.63) is 52.3 Å². The second kappa shape index (κ2) is 6.70. The van der Waals surface area contributed by atoms with Crippen LogP contribution in [-0.2, 0) is 18.4 Å². The molecule has 0 radical (unpaired) electrons. The van der Waals surface area contributed by atoms with Crippen LogP contribution in [0.5, 0.6) is 0 Å². The van der Waals surface area contributed by atoms with Crippen molar-refractivity contribution < 1.29 is 9.59 Å². The van der Waals surface area contributed by atoms with Gasteiger partial charge in [0.2, 0.25) is 5.91 Å². The monoisotopic (exact) mass is 340 g/mol. The molecule has 25 heavy (non-hydrogen) atoms. The van der Waals surface area contributed by atoms with Gasteiger partial charge < -0.3 is 10.2 Å². The molecule has 0 saturated carbocycles. The molecule has 2 heterocycles. The molecule has 1 fully saturated rings. The van der Waals surface area contributed by atoms with Crippen molar-refractivity contribution in [3.63, 3.8) is 0 Å². The van der Waals surface area contributed by atoms with E-state index in [0.717, 1.165) is 11.3 Å². The third kappa shape index (κ3) is 3.43. The lowest BCUT2D eigenvalue weighted by Gasteiger charge is -2.17.